The van der Waals surface area contributed by atoms with Crippen LogP contribution in [0.2, 0.25) is 0 Å². The topological polar surface area (TPSA) is 45.2 Å². The number of nitrogens with one attached hydrogen (secondary N) is 1. The van der Waals surface area contributed by atoms with Crippen molar-refractivity contribution < 1.29 is 4.79 Å². The molecule has 112 valence electrons. The van der Waals surface area contributed by atoms with Crippen molar-refractivity contribution in [2.24, 2.45) is 0 Å². The molecule has 3 heterocycles. The van der Waals surface area contributed by atoms with Crippen LogP contribution in [0.4, 0.5) is 5.69 Å². The number of carbonyl (C=O) groups is 1. The number of fused-ring (bicyclic) bond motifs is 2. The lowest BCUT2D eigenvalue weighted by molar-refractivity contribution is -0.120. The van der Waals surface area contributed by atoms with E-state index in [1.807, 2.05) is 37.3 Å². The molecule has 2 aromatic rings. The Balaban J connectivity index is 1.59. The lowest BCUT2D eigenvalue weighted by Gasteiger charge is -2.22. The van der Waals surface area contributed by atoms with E-state index in [2.05, 4.69) is 27.3 Å². The number of hydrogen-bond acceptors (Lipinski definition) is 3. The summed E-state index contributed by atoms with van der Waals surface area (Å²) in [7, 11) is 0. The summed E-state index contributed by atoms with van der Waals surface area (Å²) in [6.45, 7) is 4.51. The Kier molecular flexibility index (Phi) is 3.01. The summed E-state index contributed by atoms with van der Waals surface area (Å²) in [4.78, 5) is 19.5. The third-order valence-electron chi connectivity index (χ3n) is 4.81. The molecule has 1 N–H and O–H groups in total. The zero-order chi connectivity index (χ0) is 15.2. The number of anilines is 1. The van der Waals surface area contributed by atoms with Crippen LogP contribution in [0.3, 0.4) is 0 Å². The summed E-state index contributed by atoms with van der Waals surface area (Å²) in [5, 5.41) is 3.04. The van der Waals surface area contributed by atoms with E-state index in [4.69, 9.17) is 0 Å². The highest BCUT2D eigenvalue weighted by Crippen LogP contribution is 2.44. The molecule has 1 saturated heterocycles. The predicted octanol–water partition coefficient (Wildman–Crippen LogP) is 2.49. The van der Waals surface area contributed by atoms with Crippen LogP contribution in [-0.2, 0) is 16.8 Å². The molecule has 4 rings (SSSR count). The average Bonchev–Trinajstić information content (AvgIpc) is 3.04. The molecular weight excluding hydrogens is 274 g/mol. The second-order valence-electron chi connectivity index (χ2n) is 6.31. The Bertz CT molecular complexity index is 743. The van der Waals surface area contributed by atoms with Crippen molar-refractivity contribution in [3.8, 4) is 0 Å². The smallest absolute Gasteiger partial charge is 0.236 e. The Morgan fingerprint density at radius 3 is 2.95 bits per heavy atom. The van der Waals surface area contributed by atoms with Crippen LogP contribution in [0.5, 0.6) is 0 Å². The minimum absolute atomic E-state index is 0.147. The first-order valence-electron chi connectivity index (χ1n) is 7.73. The van der Waals surface area contributed by atoms with Gasteiger partial charge in [-0.25, -0.2) is 0 Å². The van der Waals surface area contributed by atoms with Gasteiger partial charge in [-0.1, -0.05) is 24.3 Å². The molecule has 0 radical (unpaired) electrons. The fourth-order valence-electron chi connectivity index (χ4n) is 3.72. The van der Waals surface area contributed by atoms with E-state index in [-0.39, 0.29) is 11.3 Å². The van der Waals surface area contributed by atoms with Crippen molar-refractivity contribution in [1.82, 2.24) is 9.88 Å². The van der Waals surface area contributed by atoms with E-state index in [0.29, 0.717) is 0 Å². The fourth-order valence-corrected chi connectivity index (χ4v) is 3.72. The first-order valence-corrected chi connectivity index (χ1v) is 7.73. The molecular formula is C18H19N3O. The van der Waals surface area contributed by atoms with Gasteiger partial charge in [0.05, 0.1) is 11.1 Å². The molecule has 1 fully saturated rings. The maximum atomic E-state index is 12.6. The van der Waals surface area contributed by atoms with Gasteiger partial charge in [-0.3, -0.25) is 14.7 Å². The molecule has 1 aromatic heterocycles. The number of amides is 1. The Morgan fingerprint density at radius 2 is 2.09 bits per heavy atom. The summed E-state index contributed by atoms with van der Waals surface area (Å²) in [5.41, 5.74) is 3.86. The molecule has 4 nitrogen and oxygen atoms in total. The third-order valence-corrected chi connectivity index (χ3v) is 4.81. The van der Waals surface area contributed by atoms with Crippen LogP contribution in [0, 0.1) is 6.92 Å². The number of nitrogens with zero attached hydrogens (tertiary/aromatic N) is 2. The van der Waals surface area contributed by atoms with E-state index < -0.39 is 0 Å². The Morgan fingerprint density at radius 1 is 1.23 bits per heavy atom. The van der Waals surface area contributed by atoms with Gasteiger partial charge in [-0.15, -0.1) is 0 Å². The van der Waals surface area contributed by atoms with E-state index in [0.717, 1.165) is 48.7 Å². The van der Waals surface area contributed by atoms with Crippen LogP contribution in [-0.4, -0.2) is 28.9 Å². The van der Waals surface area contributed by atoms with Crippen molar-refractivity contribution in [3.05, 3.63) is 59.4 Å². The highest BCUT2D eigenvalue weighted by Gasteiger charge is 2.50. The maximum absolute atomic E-state index is 12.6. The van der Waals surface area contributed by atoms with Crippen LogP contribution in [0.1, 0.15) is 23.4 Å². The fraction of sp³-hybridized carbons (Fsp3) is 0.333. The van der Waals surface area contributed by atoms with Gasteiger partial charge in [0.1, 0.15) is 0 Å². The quantitative estimate of drug-likeness (QED) is 0.925. The second kappa shape index (κ2) is 4.92. The van der Waals surface area contributed by atoms with Crippen LogP contribution in [0.25, 0.3) is 0 Å². The highest BCUT2D eigenvalue weighted by atomic mass is 16.2. The number of pyridine rings is 1. The van der Waals surface area contributed by atoms with Crippen LogP contribution >= 0.6 is 0 Å². The largest absolute Gasteiger partial charge is 0.325 e. The zero-order valence-corrected chi connectivity index (χ0v) is 12.7. The minimum atomic E-state index is -0.375. The number of para-hydroxylation sites is 1. The lowest BCUT2D eigenvalue weighted by Crippen LogP contribution is -2.37. The molecule has 2 aliphatic rings. The molecule has 0 saturated carbocycles. The van der Waals surface area contributed by atoms with E-state index in [9.17, 15) is 4.79 Å². The van der Waals surface area contributed by atoms with E-state index in [1.165, 1.54) is 0 Å². The molecule has 0 aliphatic carbocycles. The highest BCUT2D eigenvalue weighted by molar-refractivity contribution is 6.06. The summed E-state index contributed by atoms with van der Waals surface area (Å²) in [6.07, 6.45) is 0.877. The number of likely N-dealkylation sites (tertiary alicyclic amines) is 1. The molecule has 0 bridgehead atoms. The van der Waals surface area contributed by atoms with Gasteiger partial charge in [0.2, 0.25) is 5.91 Å². The monoisotopic (exact) mass is 293 g/mol. The van der Waals surface area contributed by atoms with Crippen LogP contribution in [0.15, 0.2) is 42.5 Å². The molecule has 0 unspecified atom stereocenters. The normalized spacial score (nSPS) is 23.8. The summed E-state index contributed by atoms with van der Waals surface area (Å²) in [6, 6.07) is 14.2. The van der Waals surface area contributed by atoms with Gasteiger partial charge >= 0.3 is 0 Å². The standard InChI is InChI=1S/C18H19N3O/c1-13-5-4-6-14(19-13)11-21-10-9-18(12-21)15-7-2-3-8-16(15)20-17(18)22/h2-8H,9-12H2,1H3,(H,20,22)/t18-/m1/s1. The van der Waals surface area contributed by atoms with Crippen molar-refractivity contribution in [3.63, 3.8) is 0 Å². The predicted molar refractivity (Wildman–Crippen MR) is 85.6 cm³/mol. The Labute approximate surface area is 130 Å². The number of carbonyl (C=O) groups excluding carboxylic acids is 1. The van der Waals surface area contributed by atoms with Gasteiger partial charge in [-0.05, 0) is 37.1 Å². The summed E-state index contributed by atoms with van der Waals surface area (Å²) >= 11 is 0. The SMILES string of the molecule is Cc1cccc(CN2CC[C@]3(C2)C(=O)Nc2ccccc23)n1. The van der Waals surface area contributed by atoms with E-state index in [1.54, 1.807) is 0 Å². The molecule has 4 heteroatoms. The average molecular weight is 293 g/mol. The molecule has 1 spiro atoms. The molecule has 1 aromatic carbocycles. The number of benzene rings is 1. The number of aromatic nitrogens is 1. The van der Waals surface area contributed by atoms with Crippen molar-refractivity contribution in [2.75, 3.05) is 18.4 Å². The van der Waals surface area contributed by atoms with Crippen molar-refractivity contribution in [2.45, 2.75) is 25.3 Å². The zero-order valence-electron chi connectivity index (χ0n) is 12.7. The third kappa shape index (κ3) is 2.03. The maximum Gasteiger partial charge on any atom is 0.236 e. The van der Waals surface area contributed by atoms with Gasteiger partial charge in [0.25, 0.3) is 0 Å². The Hall–Kier alpha value is -2.20. The minimum Gasteiger partial charge on any atom is -0.325 e. The molecule has 22 heavy (non-hydrogen) atoms. The number of aryl methyl sites for hydroxylation is 1. The van der Waals surface area contributed by atoms with Crippen molar-refractivity contribution >= 4 is 11.6 Å². The summed E-state index contributed by atoms with van der Waals surface area (Å²) in [5.74, 6) is 0.147. The lowest BCUT2D eigenvalue weighted by atomic mass is 9.81. The first kappa shape index (κ1) is 13.5. The second-order valence-corrected chi connectivity index (χ2v) is 6.31. The van der Waals surface area contributed by atoms with Gasteiger partial charge in [-0.2, -0.15) is 0 Å². The molecule has 1 atom stereocenters. The van der Waals surface area contributed by atoms with E-state index >= 15 is 0 Å². The molecule has 1 amide bonds. The van der Waals surface area contributed by atoms with Crippen LogP contribution < -0.4 is 5.32 Å². The van der Waals surface area contributed by atoms with Crippen molar-refractivity contribution in [1.29, 1.82) is 0 Å². The first-order chi connectivity index (χ1) is 10.7. The number of hydrogen-bond donors (Lipinski definition) is 1. The summed E-state index contributed by atoms with van der Waals surface area (Å²) < 4.78 is 0. The molecule has 2 aliphatic heterocycles. The van der Waals surface area contributed by atoms with Gasteiger partial charge < -0.3 is 5.32 Å². The number of rotatable bonds is 2. The van der Waals surface area contributed by atoms with Gasteiger partial charge in [0.15, 0.2) is 0 Å². The van der Waals surface area contributed by atoms with Gasteiger partial charge in [0, 0.05) is 31.0 Å².